The summed E-state index contributed by atoms with van der Waals surface area (Å²) in [6.07, 6.45) is 1.03. The van der Waals surface area contributed by atoms with Crippen molar-refractivity contribution in [2.45, 2.75) is 32.7 Å². The van der Waals surface area contributed by atoms with Crippen molar-refractivity contribution < 1.29 is 9.53 Å². The van der Waals surface area contributed by atoms with Crippen LogP contribution in [0.25, 0.3) is 0 Å². The Morgan fingerprint density at radius 3 is 2.53 bits per heavy atom. The van der Waals surface area contributed by atoms with E-state index in [1.807, 2.05) is 0 Å². The Kier molecular flexibility index (Phi) is 4.54. The van der Waals surface area contributed by atoms with Gasteiger partial charge in [-0.3, -0.25) is 9.69 Å². The third kappa shape index (κ3) is 3.47. The van der Waals surface area contributed by atoms with E-state index in [2.05, 4.69) is 24.1 Å². The Morgan fingerprint density at radius 1 is 1.47 bits per heavy atom. The van der Waals surface area contributed by atoms with Crippen molar-refractivity contribution in [2.75, 3.05) is 32.8 Å². The molecule has 0 aliphatic carbocycles. The number of nitrogens with one attached hydrogen (secondary N) is 1. The maximum absolute atomic E-state index is 10.9. The Morgan fingerprint density at radius 2 is 2.07 bits per heavy atom. The highest BCUT2D eigenvalue weighted by atomic mass is 16.5. The highest BCUT2D eigenvalue weighted by Gasteiger charge is 2.31. The highest BCUT2D eigenvalue weighted by Crippen LogP contribution is 2.19. The first kappa shape index (κ1) is 12.5. The van der Waals surface area contributed by atoms with Gasteiger partial charge in [-0.25, -0.2) is 0 Å². The fourth-order valence-electron chi connectivity index (χ4n) is 1.88. The van der Waals surface area contributed by atoms with E-state index in [0.29, 0.717) is 0 Å². The zero-order valence-corrected chi connectivity index (χ0v) is 10.0. The van der Waals surface area contributed by atoms with Crippen LogP contribution in [0.4, 0.5) is 0 Å². The quantitative estimate of drug-likeness (QED) is 0.746. The molecule has 1 aliphatic rings. The van der Waals surface area contributed by atoms with Gasteiger partial charge in [-0.05, 0) is 13.3 Å². The van der Waals surface area contributed by atoms with E-state index in [9.17, 15) is 4.79 Å². The molecule has 1 rings (SSSR count). The first-order chi connectivity index (χ1) is 7.08. The zero-order valence-electron chi connectivity index (χ0n) is 10.0. The summed E-state index contributed by atoms with van der Waals surface area (Å²) < 4.78 is 5.34. The Bertz CT molecular complexity index is 215. The second-order valence-corrected chi connectivity index (χ2v) is 4.36. The van der Waals surface area contributed by atoms with Crippen molar-refractivity contribution in [2.24, 2.45) is 0 Å². The lowest BCUT2D eigenvalue weighted by atomic mass is 9.95. The van der Waals surface area contributed by atoms with Crippen LogP contribution >= 0.6 is 0 Å². The van der Waals surface area contributed by atoms with Crippen molar-refractivity contribution in [3.05, 3.63) is 0 Å². The number of hydrogen-bond acceptors (Lipinski definition) is 3. The molecule has 0 aromatic rings. The van der Waals surface area contributed by atoms with Gasteiger partial charge in [0.15, 0.2) is 0 Å². The molecule has 4 nitrogen and oxygen atoms in total. The molecule has 0 aromatic heterocycles. The molecule has 1 saturated heterocycles. The number of carbonyl (C=O) groups excluding carboxylic acids is 1. The van der Waals surface area contributed by atoms with Crippen LogP contribution in [0.2, 0.25) is 0 Å². The fourth-order valence-corrected chi connectivity index (χ4v) is 1.88. The average molecular weight is 214 g/mol. The van der Waals surface area contributed by atoms with Crippen molar-refractivity contribution in [3.8, 4) is 0 Å². The minimum absolute atomic E-state index is 0.0444. The second-order valence-electron chi connectivity index (χ2n) is 4.36. The first-order valence-electron chi connectivity index (χ1n) is 5.66. The second kappa shape index (κ2) is 5.47. The Hall–Kier alpha value is -0.610. The number of morpholine rings is 1. The number of hydrogen-bond donors (Lipinski definition) is 1. The number of nitrogens with zero attached hydrogens (tertiary/aromatic N) is 1. The van der Waals surface area contributed by atoms with Gasteiger partial charge in [-0.15, -0.1) is 0 Å². The van der Waals surface area contributed by atoms with Crippen LogP contribution in [0.15, 0.2) is 0 Å². The maximum atomic E-state index is 10.9. The van der Waals surface area contributed by atoms with Gasteiger partial charge in [0, 0.05) is 32.1 Å². The van der Waals surface area contributed by atoms with Crippen LogP contribution in [0.1, 0.15) is 27.2 Å². The summed E-state index contributed by atoms with van der Waals surface area (Å²) in [5, 5.41) is 2.91. The lowest BCUT2D eigenvalue weighted by Gasteiger charge is -2.42. The van der Waals surface area contributed by atoms with Gasteiger partial charge in [0.1, 0.15) is 0 Å². The smallest absolute Gasteiger partial charge is 0.216 e. The van der Waals surface area contributed by atoms with Gasteiger partial charge in [0.05, 0.1) is 13.2 Å². The molecule has 1 aliphatic heterocycles. The van der Waals surface area contributed by atoms with E-state index in [0.717, 1.165) is 39.3 Å². The molecular formula is C11H22N2O2. The van der Waals surface area contributed by atoms with Gasteiger partial charge in [0.2, 0.25) is 5.91 Å². The summed E-state index contributed by atoms with van der Waals surface area (Å²) in [5.74, 6) is 0.0444. The van der Waals surface area contributed by atoms with Gasteiger partial charge < -0.3 is 10.1 Å². The minimum atomic E-state index is 0.0444. The summed E-state index contributed by atoms with van der Waals surface area (Å²) in [7, 11) is 0. The third-order valence-electron chi connectivity index (χ3n) is 3.25. The lowest BCUT2D eigenvalue weighted by molar-refractivity contribution is -0.119. The van der Waals surface area contributed by atoms with Crippen molar-refractivity contribution in [1.82, 2.24) is 10.2 Å². The number of ether oxygens (including phenoxy) is 1. The fraction of sp³-hybridized carbons (Fsp3) is 0.909. The number of amides is 1. The zero-order chi connectivity index (χ0) is 11.3. The molecule has 0 aromatic carbocycles. The summed E-state index contributed by atoms with van der Waals surface area (Å²) in [6.45, 7) is 10.2. The maximum Gasteiger partial charge on any atom is 0.216 e. The summed E-state index contributed by atoms with van der Waals surface area (Å²) in [5.41, 5.74) is 0.0649. The summed E-state index contributed by atoms with van der Waals surface area (Å²) >= 11 is 0. The largest absolute Gasteiger partial charge is 0.379 e. The molecule has 1 N–H and O–H groups in total. The van der Waals surface area contributed by atoms with Crippen molar-refractivity contribution >= 4 is 5.91 Å². The monoisotopic (exact) mass is 214 g/mol. The van der Waals surface area contributed by atoms with Gasteiger partial charge in [-0.2, -0.15) is 0 Å². The molecule has 4 heteroatoms. The van der Waals surface area contributed by atoms with Gasteiger partial charge in [0.25, 0.3) is 0 Å². The third-order valence-corrected chi connectivity index (χ3v) is 3.25. The molecule has 0 spiro atoms. The summed E-state index contributed by atoms with van der Waals surface area (Å²) in [6, 6.07) is 0. The SMILES string of the molecule is CCC(C)(CNC(C)=O)N1CCOCC1. The predicted octanol–water partition coefficient (Wildman–Crippen LogP) is 0.623. The van der Waals surface area contributed by atoms with Crippen molar-refractivity contribution in [1.29, 1.82) is 0 Å². The van der Waals surface area contributed by atoms with E-state index in [-0.39, 0.29) is 11.4 Å². The molecule has 15 heavy (non-hydrogen) atoms. The molecule has 1 heterocycles. The van der Waals surface area contributed by atoms with E-state index in [1.165, 1.54) is 0 Å². The molecule has 0 radical (unpaired) electrons. The van der Waals surface area contributed by atoms with E-state index in [1.54, 1.807) is 6.92 Å². The minimum Gasteiger partial charge on any atom is -0.379 e. The topological polar surface area (TPSA) is 41.6 Å². The highest BCUT2D eigenvalue weighted by molar-refractivity contribution is 5.72. The van der Waals surface area contributed by atoms with Crippen LogP contribution in [0.5, 0.6) is 0 Å². The molecule has 1 fully saturated rings. The number of rotatable bonds is 4. The summed E-state index contributed by atoms with van der Waals surface area (Å²) in [4.78, 5) is 13.3. The van der Waals surface area contributed by atoms with E-state index in [4.69, 9.17) is 4.74 Å². The molecule has 1 amide bonds. The average Bonchev–Trinajstić information content (AvgIpc) is 2.27. The van der Waals surface area contributed by atoms with E-state index >= 15 is 0 Å². The molecule has 88 valence electrons. The van der Waals surface area contributed by atoms with Gasteiger partial charge >= 0.3 is 0 Å². The Labute approximate surface area is 92.0 Å². The lowest BCUT2D eigenvalue weighted by Crippen LogP contribution is -2.56. The molecule has 0 saturated carbocycles. The number of carbonyl (C=O) groups is 1. The van der Waals surface area contributed by atoms with Crippen LogP contribution < -0.4 is 5.32 Å². The predicted molar refractivity (Wildman–Crippen MR) is 59.8 cm³/mol. The van der Waals surface area contributed by atoms with Crippen molar-refractivity contribution in [3.63, 3.8) is 0 Å². The Balaban J connectivity index is 2.52. The normalized spacial score (nSPS) is 22.1. The van der Waals surface area contributed by atoms with Crippen LogP contribution in [-0.2, 0) is 9.53 Å². The first-order valence-corrected chi connectivity index (χ1v) is 5.66. The van der Waals surface area contributed by atoms with Crippen LogP contribution in [-0.4, -0.2) is 49.2 Å². The van der Waals surface area contributed by atoms with Crippen LogP contribution in [0.3, 0.4) is 0 Å². The molecule has 1 atom stereocenters. The molecular weight excluding hydrogens is 192 g/mol. The van der Waals surface area contributed by atoms with Crippen LogP contribution in [0, 0.1) is 0 Å². The van der Waals surface area contributed by atoms with Gasteiger partial charge in [-0.1, -0.05) is 6.92 Å². The standard InChI is InChI=1S/C11H22N2O2/c1-4-11(3,9-12-10(2)14)13-5-7-15-8-6-13/h4-9H2,1-3H3,(H,12,14). The molecule has 1 unspecified atom stereocenters. The van der Waals surface area contributed by atoms with E-state index < -0.39 is 0 Å². The molecule has 0 bridgehead atoms.